The van der Waals surface area contributed by atoms with Crippen molar-refractivity contribution in [2.75, 3.05) is 18.5 Å². The van der Waals surface area contributed by atoms with Gasteiger partial charge in [-0.05, 0) is 56.7 Å². The minimum atomic E-state index is 0.446. The Morgan fingerprint density at radius 3 is 2.73 bits per heavy atom. The van der Waals surface area contributed by atoms with E-state index in [9.17, 15) is 0 Å². The number of hydrogen-bond donors (Lipinski definition) is 1. The van der Waals surface area contributed by atoms with Gasteiger partial charge < -0.3 is 10.1 Å². The lowest BCUT2D eigenvalue weighted by molar-refractivity contribution is 0.317. The molecular formula is C26H34ClN5O. The van der Waals surface area contributed by atoms with Gasteiger partial charge >= 0.3 is 0 Å². The summed E-state index contributed by atoms with van der Waals surface area (Å²) < 4.78 is 7.62. The molecule has 1 unspecified atom stereocenters. The second-order valence-electron chi connectivity index (χ2n) is 8.39. The number of halogens is 1. The predicted octanol–water partition coefficient (Wildman–Crippen LogP) is 6.29. The molecule has 3 aromatic rings. The fourth-order valence-electron chi connectivity index (χ4n) is 3.33. The van der Waals surface area contributed by atoms with Crippen LogP contribution < -0.4 is 10.1 Å². The third-order valence-corrected chi connectivity index (χ3v) is 6.22. The van der Waals surface area contributed by atoms with E-state index >= 15 is 0 Å². The van der Waals surface area contributed by atoms with Gasteiger partial charge in [0.25, 0.3) is 0 Å². The van der Waals surface area contributed by atoms with Gasteiger partial charge in [-0.2, -0.15) is 0 Å². The first-order valence-electron chi connectivity index (χ1n) is 11.6. The molecule has 0 aliphatic carbocycles. The largest absolute Gasteiger partial charge is 0.475 e. The van der Waals surface area contributed by atoms with Gasteiger partial charge in [0.15, 0.2) is 0 Å². The van der Waals surface area contributed by atoms with E-state index < -0.39 is 0 Å². The summed E-state index contributed by atoms with van der Waals surface area (Å²) in [4.78, 5) is 8.62. The Morgan fingerprint density at radius 2 is 2.00 bits per heavy atom. The zero-order valence-electron chi connectivity index (χ0n) is 20.0. The highest BCUT2D eigenvalue weighted by atomic mass is 35.5. The lowest BCUT2D eigenvalue weighted by Crippen LogP contribution is -2.14. The first-order valence-corrected chi connectivity index (χ1v) is 12.0. The highest BCUT2D eigenvalue weighted by Crippen LogP contribution is 2.24. The van der Waals surface area contributed by atoms with Gasteiger partial charge in [0.05, 0.1) is 17.9 Å². The van der Waals surface area contributed by atoms with E-state index in [1.807, 2.05) is 16.9 Å². The van der Waals surface area contributed by atoms with E-state index in [0.29, 0.717) is 35.8 Å². The molecule has 33 heavy (non-hydrogen) atoms. The van der Waals surface area contributed by atoms with Crippen molar-refractivity contribution in [3.05, 3.63) is 70.8 Å². The monoisotopic (exact) mass is 467 g/mol. The molecule has 0 aliphatic rings. The summed E-state index contributed by atoms with van der Waals surface area (Å²) in [5.74, 6) is 1.88. The van der Waals surface area contributed by atoms with Crippen LogP contribution in [0.5, 0.6) is 5.88 Å². The van der Waals surface area contributed by atoms with Gasteiger partial charge in [-0.3, -0.25) is 0 Å². The van der Waals surface area contributed by atoms with Crippen LogP contribution in [0.4, 0.5) is 5.82 Å². The number of ether oxygens (including phenoxy) is 1. The van der Waals surface area contributed by atoms with E-state index in [4.69, 9.17) is 16.3 Å². The molecule has 0 saturated carbocycles. The molecule has 0 saturated heterocycles. The van der Waals surface area contributed by atoms with Crippen molar-refractivity contribution in [2.24, 2.45) is 5.92 Å². The summed E-state index contributed by atoms with van der Waals surface area (Å²) in [6, 6.07) is 10.3. The van der Waals surface area contributed by atoms with Crippen molar-refractivity contribution >= 4 is 17.4 Å². The standard InChI is InChI=1S/C26H34ClN5O/c1-5-19(3)7-12-23-25(27)26(30-18-29-23)28-14-16-33-24-13-15-32(31-24)22-10-8-21(9-11-22)17-20(4)6-2/h6,8-11,13,15,18-19H,5,7,12,14,16-17H2,1-4H3,(H,28,29,30)/b20-6-. The molecular weight excluding hydrogens is 434 g/mol. The Kier molecular flexibility index (Phi) is 9.31. The number of allylic oxidation sites excluding steroid dienone is 2. The second kappa shape index (κ2) is 12.4. The quantitative estimate of drug-likeness (QED) is 0.250. The summed E-state index contributed by atoms with van der Waals surface area (Å²) in [5, 5.41) is 8.35. The zero-order chi connectivity index (χ0) is 23.6. The molecule has 7 heteroatoms. The molecule has 0 spiro atoms. The number of aryl methyl sites for hydroxylation is 1. The summed E-state index contributed by atoms with van der Waals surface area (Å²) in [6.07, 6.45) is 9.65. The van der Waals surface area contributed by atoms with Gasteiger partial charge in [-0.15, -0.1) is 5.10 Å². The third kappa shape index (κ3) is 7.32. The van der Waals surface area contributed by atoms with Crippen molar-refractivity contribution in [1.82, 2.24) is 19.7 Å². The first-order chi connectivity index (χ1) is 16.0. The molecule has 2 heterocycles. The molecule has 1 atom stereocenters. The number of hydrogen-bond acceptors (Lipinski definition) is 5. The lowest BCUT2D eigenvalue weighted by atomic mass is 10.0. The first kappa shape index (κ1) is 24.8. The predicted molar refractivity (Wildman–Crippen MR) is 136 cm³/mol. The van der Waals surface area contributed by atoms with Gasteiger partial charge in [-0.1, -0.05) is 55.7 Å². The van der Waals surface area contributed by atoms with E-state index in [-0.39, 0.29) is 0 Å². The second-order valence-corrected chi connectivity index (χ2v) is 8.77. The van der Waals surface area contributed by atoms with Gasteiger partial charge in [0.2, 0.25) is 5.88 Å². The van der Waals surface area contributed by atoms with E-state index in [1.165, 1.54) is 11.1 Å². The van der Waals surface area contributed by atoms with E-state index in [1.54, 1.807) is 6.33 Å². The smallest absolute Gasteiger partial charge is 0.233 e. The Morgan fingerprint density at radius 1 is 1.21 bits per heavy atom. The average Bonchev–Trinajstić information content (AvgIpc) is 3.31. The Balaban J connectivity index is 1.48. The normalized spacial score (nSPS) is 12.6. The Labute approximate surface area is 202 Å². The lowest BCUT2D eigenvalue weighted by Gasteiger charge is -2.12. The molecule has 0 amide bonds. The Hall–Kier alpha value is -2.86. The van der Waals surface area contributed by atoms with Gasteiger partial charge in [-0.25, -0.2) is 14.6 Å². The topological polar surface area (TPSA) is 64.9 Å². The molecule has 176 valence electrons. The molecule has 0 bridgehead atoms. The third-order valence-electron chi connectivity index (χ3n) is 5.82. The molecule has 0 fully saturated rings. The molecule has 1 aromatic carbocycles. The van der Waals surface area contributed by atoms with Crippen molar-refractivity contribution in [2.45, 2.75) is 53.4 Å². The van der Waals surface area contributed by atoms with Crippen LogP contribution in [0.15, 0.2) is 54.5 Å². The SMILES string of the molecule is C/C=C(/C)Cc1ccc(-n2ccc(OCCNc3ncnc(CCC(C)CC)c3Cl)n2)cc1. The van der Waals surface area contributed by atoms with Crippen molar-refractivity contribution in [3.63, 3.8) is 0 Å². The van der Waals surface area contributed by atoms with Crippen LogP contribution in [-0.4, -0.2) is 32.9 Å². The molecule has 0 radical (unpaired) electrons. The molecule has 6 nitrogen and oxygen atoms in total. The van der Waals surface area contributed by atoms with Gasteiger partial charge in [0, 0.05) is 12.3 Å². The Bertz CT molecular complexity index is 1050. The zero-order valence-corrected chi connectivity index (χ0v) is 20.8. The molecule has 2 aromatic heterocycles. The van der Waals surface area contributed by atoms with Crippen molar-refractivity contribution in [1.29, 1.82) is 0 Å². The maximum Gasteiger partial charge on any atom is 0.233 e. The van der Waals surface area contributed by atoms with Crippen molar-refractivity contribution < 1.29 is 4.74 Å². The van der Waals surface area contributed by atoms with Gasteiger partial charge in [0.1, 0.15) is 23.8 Å². The van der Waals surface area contributed by atoms with Crippen LogP contribution in [0.1, 0.15) is 51.8 Å². The fraction of sp³-hybridized carbons (Fsp3) is 0.423. The maximum atomic E-state index is 6.50. The van der Waals surface area contributed by atoms with Crippen LogP contribution >= 0.6 is 11.6 Å². The number of rotatable bonds is 12. The van der Waals surface area contributed by atoms with Crippen LogP contribution in [0.2, 0.25) is 5.02 Å². The maximum absolute atomic E-state index is 6.50. The van der Waals surface area contributed by atoms with Crippen LogP contribution in [-0.2, 0) is 12.8 Å². The molecule has 1 N–H and O–H groups in total. The number of nitrogens with zero attached hydrogens (tertiary/aromatic N) is 4. The number of aromatic nitrogens is 4. The van der Waals surface area contributed by atoms with Crippen LogP contribution in [0.25, 0.3) is 5.69 Å². The number of nitrogens with one attached hydrogen (secondary N) is 1. The number of benzene rings is 1. The average molecular weight is 468 g/mol. The van der Waals surface area contributed by atoms with E-state index in [2.05, 4.69) is 78.4 Å². The number of anilines is 1. The van der Waals surface area contributed by atoms with Crippen LogP contribution in [0, 0.1) is 5.92 Å². The highest BCUT2D eigenvalue weighted by molar-refractivity contribution is 6.33. The summed E-state index contributed by atoms with van der Waals surface area (Å²) in [5.41, 5.74) is 4.54. The van der Waals surface area contributed by atoms with Crippen LogP contribution in [0.3, 0.4) is 0 Å². The minimum Gasteiger partial charge on any atom is -0.475 e. The minimum absolute atomic E-state index is 0.446. The molecule has 0 aliphatic heterocycles. The highest BCUT2D eigenvalue weighted by Gasteiger charge is 2.10. The van der Waals surface area contributed by atoms with E-state index in [0.717, 1.165) is 37.1 Å². The van der Waals surface area contributed by atoms with Crippen molar-refractivity contribution in [3.8, 4) is 11.6 Å². The summed E-state index contributed by atoms with van der Waals surface area (Å²) >= 11 is 6.50. The summed E-state index contributed by atoms with van der Waals surface area (Å²) in [7, 11) is 0. The summed E-state index contributed by atoms with van der Waals surface area (Å²) in [6.45, 7) is 9.66. The fourth-order valence-corrected chi connectivity index (χ4v) is 3.59. The molecule has 3 rings (SSSR count).